The third-order valence-electron chi connectivity index (χ3n) is 3.22. The molecule has 0 saturated carbocycles. The van der Waals surface area contributed by atoms with E-state index in [0.29, 0.717) is 21.4 Å². The molecule has 7 heteroatoms. The molecule has 2 rings (SSSR count). The average Bonchev–Trinajstić information content (AvgIpc) is 2.97. The topological polar surface area (TPSA) is 58.4 Å². The Balaban J connectivity index is 2.25. The van der Waals surface area contributed by atoms with Crippen molar-refractivity contribution in [2.24, 2.45) is 0 Å². The van der Waals surface area contributed by atoms with E-state index in [0.717, 1.165) is 0 Å². The Bertz CT molecular complexity index is 657. The molecule has 0 aliphatic heterocycles. The minimum atomic E-state index is -0.271. The lowest BCUT2D eigenvalue weighted by atomic mass is 10.3. The van der Waals surface area contributed by atoms with Gasteiger partial charge in [0.2, 0.25) is 0 Å². The largest absolute Gasteiger partial charge is 0.394 e. The van der Waals surface area contributed by atoms with Crippen LogP contribution in [0.3, 0.4) is 0 Å². The highest BCUT2D eigenvalue weighted by molar-refractivity contribution is 6.42. The third kappa shape index (κ3) is 3.37. The highest BCUT2D eigenvalue weighted by Crippen LogP contribution is 2.24. The fraction of sp³-hybridized carbons (Fsp3) is 0.286. The fourth-order valence-corrected chi connectivity index (χ4v) is 2.01. The van der Waals surface area contributed by atoms with Gasteiger partial charge in [0.25, 0.3) is 5.91 Å². The quantitative estimate of drug-likeness (QED) is 0.939. The Morgan fingerprint density at radius 3 is 2.71 bits per heavy atom. The monoisotopic (exact) mass is 327 g/mol. The number of halogens is 2. The van der Waals surface area contributed by atoms with Crippen LogP contribution in [-0.2, 0) is 0 Å². The van der Waals surface area contributed by atoms with Gasteiger partial charge in [0.1, 0.15) is 0 Å². The van der Waals surface area contributed by atoms with E-state index in [4.69, 9.17) is 28.3 Å². The van der Waals surface area contributed by atoms with Crippen LogP contribution in [0.1, 0.15) is 17.4 Å². The Kier molecular flexibility index (Phi) is 4.88. The minimum Gasteiger partial charge on any atom is -0.394 e. The molecule has 2 aromatic rings. The van der Waals surface area contributed by atoms with Gasteiger partial charge in [0, 0.05) is 13.2 Å². The zero-order chi connectivity index (χ0) is 15.6. The van der Waals surface area contributed by atoms with E-state index in [1.807, 2.05) is 0 Å². The minimum absolute atomic E-state index is 0.101. The van der Waals surface area contributed by atoms with Crippen LogP contribution >= 0.6 is 23.2 Å². The Hall–Kier alpha value is -1.56. The lowest BCUT2D eigenvalue weighted by molar-refractivity contribution is 0.0676. The molecule has 21 heavy (non-hydrogen) atoms. The summed E-state index contributed by atoms with van der Waals surface area (Å²) in [6.45, 7) is 1.66. The molecule has 112 valence electrons. The molecule has 1 atom stereocenters. The standard InChI is InChI=1S/C14H15Cl2N3O2/c1-9(8-20)18(2)14(21)13-5-6-19(17-13)10-3-4-11(15)12(16)7-10/h3-7,9,20H,8H2,1-2H3. The van der Waals surface area contributed by atoms with E-state index in [1.54, 1.807) is 49.1 Å². The maximum absolute atomic E-state index is 12.2. The van der Waals surface area contributed by atoms with E-state index in [9.17, 15) is 4.79 Å². The van der Waals surface area contributed by atoms with Crippen LogP contribution < -0.4 is 0 Å². The molecule has 1 unspecified atom stereocenters. The molecule has 0 spiro atoms. The van der Waals surface area contributed by atoms with Crippen molar-refractivity contribution in [1.82, 2.24) is 14.7 Å². The second kappa shape index (κ2) is 6.47. The number of hydrogen-bond acceptors (Lipinski definition) is 3. The molecule has 0 saturated heterocycles. The van der Waals surface area contributed by atoms with Crippen molar-refractivity contribution < 1.29 is 9.90 Å². The van der Waals surface area contributed by atoms with Crippen molar-refractivity contribution in [3.8, 4) is 5.69 Å². The number of hydrogen-bond donors (Lipinski definition) is 1. The average molecular weight is 328 g/mol. The number of carbonyl (C=O) groups excluding carboxylic acids is 1. The van der Waals surface area contributed by atoms with Crippen LogP contribution in [-0.4, -0.2) is 45.4 Å². The summed E-state index contributed by atoms with van der Waals surface area (Å²) in [6, 6.07) is 6.45. The van der Waals surface area contributed by atoms with Gasteiger partial charge in [0.05, 0.1) is 28.4 Å². The summed E-state index contributed by atoms with van der Waals surface area (Å²) in [4.78, 5) is 13.6. The van der Waals surface area contributed by atoms with Gasteiger partial charge < -0.3 is 10.0 Å². The number of aliphatic hydroxyl groups is 1. The summed E-state index contributed by atoms with van der Waals surface area (Å²) in [5.41, 5.74) is 1.00. The summed E-state index contributed by atoms with van der Waals surface area (Å²) in [7, 11) is 1.63. The van der Waals surface area contributed by atoms with Gasteiger partial charge in [-0.2, -0.15) is 5.10 Å². The van der Waals surface area contributed by atoms with Crippen molar-refractivity contribution in [2.75, 3.05) is 13.7 Å². The summed E-state index contributed by atoms with van der Waals surface area (Å²) < 4.78 is 1.55. The molecule has 0 fully saturated rings. The first-order valence-corrected chi connectivity index (χ1v) is 7.08. The molecule has 0 radical (unpaired) electrons. The van der Waals surface area contributed by atoms with Gasteiger partial charge in [-0.15, -0.1) is 0 Å². The lowest BCUT2D eigenvalue weighted by Gasteiger charge is -2.21. The third-order valence-corrected chi connectivity index (χ3v) is 3.96. The normalized spacial score (nSPS) is 12.2. The van der Waals surface area contributed by atoms with Crippen LogP contribution in [0.4, 0.5) is 0 Å². The van der Waals surface area contributed by atoms with Crippen molar-refractivity contribution in [3.05, 3.63) is 46.2 Å². The Morgan fingerprint density at radius 2 is 2.10 bits per heavy atom. The van der Waals surface area contributed by atoms with E-state index in [-0.39, 0.29) is 18.6 Å². The summed E-state index contributed by atoms with van der Waals surface area (Å²) in [5.74, 6) is -0.254. The molecule has 0 aliphatic carbocycles. The zero-order valence-corrected chi connectivity index (χ0v) is 13.1. The number of benzene rings is 1. The van der Waals surface area contributed by atoms with Gasteiger partial charge in [-0.25, -0.2) is 4.68 Å². The Labute approximate surface area is 132 Å². The van der Waals surface area contributed by atoms with Crippen LogP contribution in [0, 0.1) is 0 Å². The number of aliphatic hydroxyl groups excluding tert-OH is 1. The first kappa shape index (κ1) is 15.8. The van der Waals surface area contributed by atoms with Crippen molar-refractivity contribution >= 4 is 29.1 Å². The summed E-state index contributed by atoms with van der Waals surface area (Å²) >= 11 is 11.8. The van der Waals surface area contributed by atoms with Gasteiger partial charge in [-0.3, -0.25) is 4.79 Å². The maximum atomic E-state index is 12.2. The Morgan fingerprint density at radius 1 is 1.38 bits per heavy atom. The SMILES string of the molecule is CC(CO)N(C)C(=O)c1ccn(-c2ccc(Cl)c(Cl)c2)n1. The maximum Gasteiger partial charge on any atom is 0.274 e. The first-order chi connectivity index (χ1) is 9.93. The summed E-state index contributed by atoms with van der Waals surface area (Å²) in [6.07, 6.45) is 1.67. The number of rotatable bonds is 4. The molecular weight excluding hydrogens is 313 g/mol. The number of nitrogens with zero attached hydrogens (tertiary/aromatic N) is 3. The van der Waals surface area contributed by atoms with Crippen LogP contribution in [0.25, 0.3) is 5.69 Å². The molecule has 1 aromatic heterocycles. The molecular formula is C14H15Cl2N3O2. The van der Waals surface area contributed by atoms with E-state index in [2.05, 4.69) is 5.10 Å². The van der Waals surface area contributed by atoms with Gasteiger partial charge in [0.15, 0.2) is 5.69 Å². The molecule has 1 N–H and O–H groups in total. The predicted octanol–water partition coefficient (Wildman–Crippen LogP) is 2.63. The summed E-state index contributed by atoms with van der Waals surface area (Å²) in [5, 5.41) is 14.2. The smallest absolute Gasteiger partial charge is 0.274 e. The van der Waals surface area contributed by atoms with E-state index in [1.165, 1.54) is 4.90 Å². The molecule has 0 aliphatic rings. The van der Waals surface area contributed by atoms with Crippen LogP contribution in [0.5, 0.6) is 0 Å². The molecule has 1 heterocycles. The zero-order valence-electron chi connectivity index (χ0n) is 11.6. The van der Waals surface area contributed by atoms with Gasteiger partial charge in [-0.05, 0) is 31.2 Å². The second-order valence-electron chi connectivity index (χ2n) is 4.69. The van der Waals surface area contributed by atoms with Crippen LogP contribution in [0.15, 0.2) is 30.5 Å². The highest BCUT2D eigenvalue weighted by atomic mass is 35.5. The number of aromatic nitrogens is 2. The number of likely N-dealkylation sites (N-methyl/N-ethyl adjacent to an activating group) is 1. The van der Waals surface area contributed by atoms with E-state index < -0.39 is 0 Å². The molecule has 0 bridgehead atoms. The van der Waals surface area contributed by atoms with Gasteiger partial charge in [-0.1, -0.05) is 23.2 Å². The van der Waals surface area contributed by atoms with Crippen molar-refractivity contribution in [1.29, 1.82) is 0 Å². The van der Waals surface area contributed by atoms with Gasteiger partial charge >= 0.3 is 0 Å². The first-order valence-electron chi connectivity index (χ1n) is 6.33. The fourth-order valence-electron chi connectivity index (χ4n) is 1.71. The highest BCUT2D eigenvalue weighted by Gasteiger charge is 2.19. The second-order valence-corrected chi connectivity index (χ2v) is 5.51. The molecule has 1 aromatic carbocycles. The number of carbonyl (C=O) groups is 1. The van der Waals surface area contributed by atoms with Crippen molar-refractivity contribution in [2.45, 2.75) is 13.0 Å². The molecule has 5 nitrogen and oxygen atoms in total. The lowest BCUT2D eigenvalue weighted by Crippen LogP contribution is -2.37. The van der Waals surface area contributed by atoms with E-state index >= 15 is 0 Å². The number of amides is 1. The van der Waals surface area contributed by atoms with Crippen LogP contribution in [0.2, 0.25) is 10.0 Å². The van der Waals surface area contributed by atoms with Crippen molar-refractivity contribution in [3.63, 3.8) is 0 Å². The molecule has 1 amide bonds. The predicted molar refractivity (Wildman–Crippen MR) is 82.2 cm³/mol.